The van der Waals surface area contributed by atoms with Gasteiger partial charge in [0.25, 0.3) is 0 Å². The van der Waals surface area contributed by atoms with E-state index >= 15 is 0 Å². The van der Waals surface area contributed by atoms with Crippen molar-refractivity contribution in [3.8, 4) is 0 Å². The van der Waals surface area contributed by atoms with Crippen LogP contribution in [0.25, 0.3) is 0 Å². The van der Waals surface area contributed by atoms with Gasteiger partial charge in [0.15, 0.2) is 0 Å². The molecule has 0 aliphatic rings. The van der Waals surface area contributed by atoms with Crippen LogP contribution in [0.1, 0.15) is 0 Å². The molecule has 3 nitrogen and oxygen atoms in total. The molecular weight excluding hydrogens is 276 g/mol. The Morgan fingerprint density at radius 3 is 2.26 bits per heavy atom. The van der Waals surface area contributed by atoms with Crippen LogP contribution in [0, 0.1) is 5.21 Å². The highest BCUT2D eigenvalue weighted by Crippen LogP contribution is 2.25. The molecule has 0 atom stereocenters. The number of hydrogen-bond donors (Lipinski definition) is 0. The first-order valence-electron chi connectivity index (χ1n) is 5.70. The molecule has 19 heavy (non-hydrogen) atoms. The summed E-state index contributed by atoms with van der Waals surface area (Å²) in [7, 11) is 0. The number of hydrogen-bond acceptors (Lipinski definition) is 4. The third-order valence-electron chi connectivity index (χ3n) is 2.53. The molecule has 0 saturated heterocycles. The maximum absolute atomic E-state index is 12.0. The molecule has 2 aromatic carbocycles. The molecule has 0 unspecified atom stereocenters. The highest BCUT2D eigenvalue weighted by Gasteiger charge is 2.05. The first-order chi connectivity index (χ1) is 9.22. The molecular formula is C14H14N2OS2. The van der Waals surface area contributed by atoms with Gasteiger partial charge in [0.05, 0.1) is 0 Å². The molecule has 5 heteroatoms. The third kappa shape index (κ3) is 3.75. The molecule has 0 heterocycles. The van der Waals surface area contributed by atoms with Crippen LogP contribution >= 0.6 is 23.5 Å². The molecule has 0 radical (unpaired) electrons. The lowest BCUT2D eigenvalue weighted by molar-refractivity contribution is -0.435. The smallest absolute Gasteiger partial charge is 0.246 e. The second-order valence-electron chi connectivity index (χ2n) is 3.78. The van der Waals surface area contributed by atoms with Gasteiger partial charge in [0.1, 0.15) is 5.69 Å². The summed E-state index contributed by atoms with van der Waals surface area (Å²) in [4.78, 5) is 2.80. The molecule has 2 aromatic rings. The average Bonchev–Trinajstić information content (AvgIpc) is 2.47. The number of thioether (sulfide) groups is 2. The van der Waals surface area contributed by atoms with Gasteiger partial charge in [0.2, 0.25) is 5.69 Å². The predicted molar refractivity (Wildman–Crippen MR) is 81.8 cm³/mol. The molecule has 0 amide bonds. The summed E-state index contributed by atoms with van der Waals surface area (Å²) >= 11 is 3.23. The van der Waals surface area contributed by atoms with Crippen LogP contribution in [0.2, 0.25) is 0 Å². The minimum Gasteiger partial charge on any atom is -0.594 e. The van der Waals surface area contributed by atoms with Gasteiger partial charge in [-0.25, -0.2) is 0 Å². The Kier molecular flexibility index (Phi) is 4.87. The van der Waals surface area contributed by atoms with Gasteiger partial charge in [-0.2, -0.15) is 0 Å². The fourth-order valence-corrected chi connectivity index (χ4v) is 2.47. The van der Waals surface area contributed by atoms with E-state index in [-0.39, 0.29) is 0 Å². The summed E-state index contributed by atoms with van der Waals surface area (Å²) in [5.74, 6) is 0. The molecule has 0 spiro atoms. The van der Waals surface area contributed by atoms with Gasteiger partial charge in [0, 0.05) is 27.0 Å². The Hall–Kier alpha value is -1.46. The van der Waals surface area contributed by atoms with E-state index in [4.69, 9.17) is 0 Å². The maximum Gasteiger partial charge on any atom is 0.246 e. The lowest BCUT2D eigenvalue weighted by Crippen LogP contribution is -1.90. The number of nitrogens with zero attached hydrogens (tertiary/aromatic N) is 2. The van der Waals surface area contributed by atoms with E-state index in [0.29, 0.717) is 16.2 Å². The monoisotopic (exact) mass is 290 g/mol. The quantitative estimate of drug-likeness (QED) is 0.342. The minimum atomic E-state index is 0.543. The van der Waals surface area contributed by atoms with Crippen molar-refractivity contribution in [2.24, 2.45) is 5.11 Å². The highest BCUT2D eigenvalue weighted by molar-refractivity contribution is 7.98. The molecule has 0 N–H and O–H groups in total. The molecule has 0 aliphatic carbocycles. The van der Waals surface area contributed by atoms with Gasteiger partial charge >= 0.3 is 0 Å². The van der Waals surface area contributed by atoms with E-state index in [1.807, 2.05) is 55.0 Å². The van der Waals surface area contributed by atoms with E-state index in [2.05, 4.69) is 5.11 Å². The maximum atomic E-state index is 12.0. The first kappa shape index (κ1) is 14.0. The summed E-state index contributed by atoms with van der Waals surface area (Å²) in [6, 6.07) is 15.0. The van der Waals surface area contributed by atoms with Gasteiger partial charge in [-0.15, -0.1) is 23.5 Å². The Morgan fingerprint density at radius 2 is 1.58 bits per heavy atom. The summed E-state index contributed by atoms with van der Waals surface area (Å²) in [6.45, 7) is 0. The Bertz CT molecular complexity index is 600. The van der Waals surface area contributed by atoms with E-state index in [1.165, 1.54) is 0 Å². The highest BCUT2D eigenvalue weighted by atomic mass is 32.2. The third-order valence-corrected chi connectivity index (χ3v) is 3.98. The summed E-state index contributed by atoms with van der Waals surface area (Å²) in [5, 5.41) is 16.1. The second-order valence-corrected chi connectivity index (χ2v) is 5.54. The summed E-state index contributed by atoms with van der Waals surface area (Å²) in [6.07, 6.45) is 3.98. The van der Waals surface area contributed by atoms with Crippen LogP contribution in [0.4, 0.5) is 11.4 Å². The Balaban J connectivity index is 2.30. The molecule has 0 saturated carbocycles. The topological polar surface area (TPSA) is 38.4 Å². The zero-order valence-corrected chi connectivity index (χ0v) is 12.4. The van der Waals surface area contributed by atoms with Crippen molar-refractivity contribution in [3.63, 3.8) is 0 Å². The van der Waals surface area contributed by atoms with Crippen molar-refractivity contribution in [2.75, 3.05) is 12.5 Å². The second kappa shape index (κ2) is 6.63. The van der Waals surface area contributed by atoms with Gasteiger partial charge in [-0.1, -0.05) is 17.0 Å². The molecule has 0 bridgehead atoms. The van der Waals surface area contributed by atoms with Gasteiger partial charge in [-0.3, -0.25) is 0 Å². The van der Waals surface area contributed by atoms with Gasteiger partial charge < -0.3 is 5.21 Å². The lowest BCUT2D eigenvalue weighted by Gasteiger charge is -2.02. The summed E-state index contributed by atoms with van der Waals surface area (Å²) in [5.41, 5.74) is 1.21. The largest absolute Gasteiger partial charge is 0.594 e. The normalized spacial score (nSPS) is 11.6. The molecule has 2 rings (SSSR count). The van der Waals surface area contributed by atoms with Crippen molar-refractivity contribution in [1.29, 1.82) is 0 Å². The first-order valence-corrected chi connectivity index (χ1v) is 8.15. The van der Waals surface area contributed by atoms with Crippen molar-refractivity contribution in [2.45, 2.75) is 9.79 Å². The van der Waals surface area contributed by atoms with Crippen LogP contribution < -0.4 is 0 Å². The van der Waals surface area contributed by atoms with E-state index < -0.39 is 0 Å². The molecule has 0 fully saturated rings. The minimum absolute atomic E-state index is 0.543. The van der Waals surface area contributed by atoms with Crippen molar-refractivity contribution in [1.82, 2.24) is 0 Å². The summed E-state index contributed by atoms with van der Waals surface area (Å²) < 4.78 is 0. The average molecular weight is 290 g/mol. The predicted octanol–water partition coefficient (Wildman–Crippen LogP) is 5.06. The van der Waals surface area contributed by atoms with E-state index in [9.17, 15) is 5.21 Å². The molecule has 98 valence electrons. The fourth-order valence-electron chi connectivity index (χ4n) is 1.56. The standard InChI is InChI=1S/C14H14N2OS2/c1-18-13-7-3-5-11(9-13)15-16(17)12-6-4-8-14(10-12)19-2/h3-10H,1-2H3. The number of rotatable bonds is 4. The van der Waals surface area contributed by atoms with Gasteiger partial charge in [-0.05, 0) is 36.8 Å². The van der Waals surface area contributed by atoms with E-state index in [0.717, 1.165) is 9.79 Å². The van der Waals surface area contributed by atoms with E-state index in [1.54, 1.807) is 29.6 Å². The SMILES string of the molecule is CSc1cccc(N=[N+]([O-])c2cccc(SC)c2)c1. The number of benzene rings is 2. The Labute approximate surface area is 121 Å². The van der Waals surface area contributed by atoms with Crippen molar-refractivity contribution in [3.05, 3.63) is 53.7 Å². The van der Waals surface area contributed by atoms with Crippen LogP contribution in [0.3, 0.4) is 0 Å². The van der Waals surface area contributed by atoms with Crippen molar-refractivity contribution >= 4 is 34.9 Å². The lowest BCUT2D eigenvalue weighted by atomic mass is 10.3. The zero-order valence-electron chi connectivity index (χ0n) is 10.7. The fraction of sp³-hybridized carbons (Fsp3) is 0.143. The molecule has 0 aromatic heterocycles. The van der Waals surface area contributed by atoms with Crippen LogP contribution in [-0.2, 0) is 0 Å². The van der Waals surface area contributed by atoms with Crippen LogP contribution in [-0.4, -0.2) is 17.4 Å². The van der Waals surface area contributed by atoms with Crippen LogP contribution in [0.15, 0.2) is 63.4 Å². The Morgan fingerprint density at radius 1 is 0.947 bits per heavy atom. The molecule has 0 aliphatic heterocycles. The van der Waals surface area contributed by atoms with Crippen LogP contribution in [0.5, 0.6) is 0 Å². The van der Waals surface area contributed by atoms with Crippen molar-refractivity contribution < 1.29 is 4.86 Å². The number of azo groups is 1. The zero-order chi connectivity index (χ0) is 13.7.